The molecule has 0 amide bonds. The van der Waals surface area contributed by atoms with E-state index in [1.165, 1.54) is 35.1 Å². The molecule has 2 heterocycles. The molecule has 0 radical (unpaired) electrons. The van der Waals surface area contributed by atoms with Crippen molar-refractivity contribution in [2.75, 3.05) is 7.11 Å². The van der Waals surface area contributed by atoms with E-state index < -0.39 is 17.5 Å². The fourth-order valence-electron chi connectivity index (χ4n) is 3.77. The monoisotopic (exact) mass is 483 g/mol. The number of carbonyl (C=O) groups is 2. The highest BCUT2D eigenvalue weighted by molar-refractivity contribution is 7.10. The predicted molar refractivity (Wildman–Crippen MR) is 126 cm³/mol. The average molecular weight is 484 g/mol. The number of rotatable bonds is 6. The largest absolute Gasteiger partial charge is 0.478 e. The number of aliphatic hydroxyl groups excluding tert-OH is 1. The van der Waals surface area contributed by atoms with E-state index in [1.807, 2.05) is 0 Å². The number of nitrogens with zero attached hydrogens (tertiary/aromatic N) is 1. The molecule has 9 heteroatoms. The van der Waals surface area contributed by atoms with Crippen LogP contribution in [0, 0.1) is 0 Å². The molecule has 0 fully saturated rings. The lowest BCUT2D eigenvalue weighted by Crippen LogP contribution is -2.28. The average Bonchev–Trinajstić information content (AvgIpc) is 3.28. The van der Waals surface area contributed by atoms with Crippen molar-refractivity contribution in [2.24, 2.45) is 0 Å². The van der Waals surface area contributed by atoms with Gasteiger partial charge in [-0.15, -0.1) is 11.3 Å². The minimum Gasteiger partial charge on any atom is -0.478 e. The number of methoxy groups -OCH3 is 1. The first kappa shape index (κ1) is 22.7. The first-order valence-corrected chi connectivity index (χ1v) is 11.1. The summed E-state index contributed by atoms with van der Waals surface area (Å²) in [6.45, 7) is -0.237. The van der Waals surface area contributed by atoms with E-state index in [-0.39, 0.29) is 24.4 Å². The van der Waals surface area contributed by atoms with Crippen molar-refractivity contribution in [3.05, 3.63) is 91.0 Å². The molecule has 4 aromatic rings. The molecule has 168 valence electrons. The number of hydrogen-bond acceptors (Lipinski definition) is 6. The summed E-state index contributed by atoms with van der Waals surface area (Å²) in [5, 5.41) is 22.0. The third-order valence-corrected chi connectivity index (χ3v) is 6.45. The molecule has 0 aliphatic carbocycles. The molecule has 0 spiro atoms. The molecule has 0 saturated carbocycles. The molecule has 0 unspecified atom stereocenters. The van der Waals surface area contributed by atoms with E-state index in [9.17, 15) is 19.5 Å². The molecule has 2 aromatic carbocycles. The number of ether oxygens (including phenoxy) is 1. The molecule has 2 aromatic heterocycles. The van der Waals surface area contributed by atoms with Gasteiger partial charge < -0.3 is 14.9 Å². The zero-order valence-corrected chi connectivity index (χ0v) is 18.9. The number of halogens is 1. The molecule has 0 bridgehead atoms. The van der Waals surface area contributed by atoms with Crippen molar-refractivity contribution >= 4 is 45.6 Å². The summed E-state index contributed by atoms with van der Waals surface area (Å²) < 4.78 is 6.35. The van der Waals surface area contributed by atoms with Crippen LogP contribution in [0.1, 0.15) is 31.3 Å². The maximum absolute atomic E-state index is 13.5. The maximum Gasteiger partial charge on any atom is 0.355 e. The molecular formula is C24H18ClNO6S. The van der Waals surface area contributed by atoms with E-state index in [1.54, 1.807) is 41.8 Å². The fraction of sp³-hybridized carbons (Fsp3) is 0.125. The van der Waals surface area contributed by atoms with Gasteiger partial charge >= 0.3 is 11.9 Å². The van der Waals surface area contributed by atoms with Gasteiger partial charge in [0.05, 0.1) is 25.8 Å². The van der Waals surface area contributed by atoms with E-state index in [2.05, 4.69) is 0 Å². The first-order valence-electron chi connectivity index (χ1n) is 9.80. The van der Waals surface area contributed by atoms with Crippen LogP contribution in [0.3, 0.4) is 0 Å². The lowest BCUT2D eigenvalue weighted by molar-refractivity contribution is 0.0588. The number of pyridine rings is 1. The summed E-state index contributed by atoms with van der Waals surface area (Å²) in [7, 11) is 1.23. The molecule has 4 rings (SSSR count). The number of aromatic nitrogens is 1. The van der Waals surface area contributed by atoms with Gasteiger partial charge in [-0.1, -0.05) is 23.7 Å². The summed E-state index contributed by atoms with van der Waals surface area (Å²) in [5.74, 6) is -1.78. The molecule has 0 atom stereocenters. The molecular weight excluding hydrogens is 466 g/mol. The number of esters is 1. The van der Waals surface area contributed by atoms with Gasteiger partial charge in [-0.2, -0.15) is 0 Å². The minimum absolute atomic E-state index is 0.00727. The van der Waals surface area contributed by atoms with Crippen LogP contribution in [-0.2, 0) is 17.9 Å². The summed E-state index contributed by atoms with van der Waals surface area (Å²) in [6, 6.07) is 12.6. The smallest absolute Gasteiger partial charge is 0.355 e. The normalized spacial score (nSPS) is 11.0. The Morgan fingerprint density at radius 1 is 1.09 bits per heavy atom. The minimum atomic E-state index is -1.06. The summed E-state index contributed by atoms with van der Waals surface area (Å²) in [4.78, 5) is 38.3. The molecule has 7 nitrogen and oxygen atoms in total. The Balaban J connectivity index is 2.06. The number of carbonyl (C=O) groups excluding carboxylic acids is 1. The lowest BCUT2D eigenvalue weighted by atomic mass is 9.96. The van der Waals surface area contributed by atoms with Crippen molar-refractivity contribution in [3.63, 3.8) is 0 Å². The number of aromatic carboxylic acids is 1. The van der Waals surface area contributed by atoms with E-state index in [4.69, 9.17) is 21.4 Å². The molecule has 0 aliphatic rings. The number of thiophene rings is 1. The van der Waals surface area contributed by atoms with Crippen LogP contribution >= 0.6 is 22.9 Å². The summed E-state index contributed by atoms with van der Waals surface area (Å²) in [5.41, 5.74) is 1.37. The summed E-state index contributed by atoms with van der Waals surface area (Å²) in [6.07, 6.45) is 0. The van der Waals surface area contributed by atoms with Crippen molar-refractivity contribution in [1.29, 1.82) is 0 Å². The highest BCUT2D eigenvalue weighted by Crippen LogP contribution is 2.37. The van der Waals surface area contributed by atoms with Gasteiger partial charge in [0.25, 0.3) is 5.56 Å². The quantitative estimate of drug-likeness (QED) is 0.393. The molecule has 33 heavy (non-hydrogen) atoms. The Labute approximate surface area is 197 Å². The number of carboxylic acid groups (broad SMARTS) is 1. The van der Waals surface area contributed by atoms with Gasteiger partial charge in [-0.3, -0.25) is 9.36 Å². The van der Waals surface area contributed by atoms with Crippen molar-refractivity contribution < 1.29 is 24.5 Å². The van der Waals surface area contributed by atoms with Gasteiger partial charge in [0, 0.05) is 26.4 Å². The number of fused-ring (bicyclic) bond motifs is 1. The Bertz CT molecular complexity index is 1440. The zero-order valence-electron chi connectivity index (χ0n) is 17.4. The van der Waals surface area contributed by atoms with Crippen molar-refractivity contribution in [1.82, 2.24) is 4.57 Å². The fourth-order valence-corrected chi connectivity index (χ4v) is 4.68. The van der Waals surface area contributed by atoms with Crippen molar-refractivity contribution in [3.8, 4) is 11.1 Å². The maximum atomic E-state index is 13.5. The summed E-state index contributed by atoms with van der Waals surface area (Å²) >= 11 is 7.56. The third kappa shape index (κ3) is 4.16. The standard InChI is InChI=1S/C24H18ClNO6S/c1-32-24(31)21-20(17-8-9-33-19(17)12-27)18-10-15(25)6-7-16(18)22(28)26(21)11-13-2-4-14(5-3-13)23(29)30/h2-10,27H,11-12H2,1H3,(H,29,30). The van der Waals surface area contributed by atoms with Crippen LogP contribution in [0.15, 0.2) is 58.7 Å². The Kier molecular flexibility index (Phi) is 6.33. The second kappa shape index (κ2) is 9.19. The molecule has 2 N–H and O–H groups in total. The lowest BCUT2D eigenvalue weighted by Gasteiger charge is -2.19. The second-order valence-corrected chi connectivity index (χ2v) is 8.65. The second-order valence-electron chi connectivity index (χ2n) is 7.21. The van der Waals surface area contributed by atoms with Gasteiger partial charge in [0.15, 0.2) is 0 Å². The number of benzene rings is 2. The van der Waals surface area contributed by atoms with Gasteiger partial charge in [-0.25, -0.2) is 9.59 Å². The number of aliphatic hydroxyl groups is 1. The van der Waals surface area contributed by atoms with Gasteiger partial charge in [-0.05, 0) is 52.7 Å². The highest BCUT2D eigenvalue weighted by atomic mass is 35.5. The first-order chi connectivity index (χ1) is 15.8. The highest BCUT2D eigenvalue weighted by Gasteiger charge is 2.26. The van der Waals surface area contributed by atoms with E-state index in [0.717, 1.165) is 0 Å². The van der Waals surface area contributed by atoms with Crippen LogP contribution < -0.4 is 5.56 Å². The predicted octanol–water partition coefficient (Wildman–Crippen LogP) is 4.41. The number of hydrogen-bond donors (Lipinski definition) is 2. The molecule has 0 aliphatic heterocycles. The zero-order chi connectivity index (χ0) is 23.7. The third-order valence-electron chi connectivity index (χ3n) is 5.31. The number of carboxylic acids is 1. The Hall–Kier alpha value is -3.46. The van der Waals surface area contributed by atoms with Gasteiger partial charge in [0.2, 0.25) is 0 Å². The van der Waals surface area contributed by atoms with Crippen LogP contribution in [0.4, 0.5) is 0 Å². The van der Waals surface area contributed by atoms with Crippen LogP contribution in [-0.4, -0.2) is 33.8 Å². The molecule has 0 saturated heterocycles. The van der Waals surface area contributed by atoms with Crippen molar-refractivity contribution in [2.45, 2.75) is 13.2 Å². The SMILES string of the molecule is COC(=O)c1c(-c2ccsc2CO)c2cc(Cl)ccc2c(=O)n1Cc1ccc(C(=O)O)cc1. The topological polar surface area (TPSA) is 106 Å². The van der Waals surface area contributed by atoms with Crippen LogP contribution in [0.5, 0.6) is 0 Å². The van der Waals surface area contributed by atoms with E-state index >= 15 is 0 Å². The van der Waals surface area contributed by atoms with E-state index in [0.29, 0.717) is 37.4 Å². The van der Waals surface area contributed by atoms with Gasteiger partial charge in [0.1, 0.15) is 5.69 Å². The van der Waals surface area contributed by atoms with Crippen LogP contribution in [0.25, 0.3) is 21.9 Å². The Morgan fingerprint density at radius 3 is 2.45 bits per heavy atom. The Morgan fingerprint density at radius 2 is 1.82 bits per heavy atom. The van der Waals surface area contributed by atoms with Crippen LogP contribution in [0.2, 0.25) is 5.02 Å².